The van der Waals surface area contributed by atoms with E-state index in [1.807, 2.05) is 0 Å². The van der Waals surface area contributed by atoms with Crippen molar-refractivity contribution in [3.63, 3.8) is 0 Å². The summed E-state index contributed by atoms with van der Waals surface area (Å²) >= 11 is 0. The molecular formula is C9H19NO. The molecule has 66 valence electrons. The van der Waals surface area contributed by atoms with Crippen LogP contribution in [0.15, 0.2) is 0 Å². The molecule has 0 radical (unpaired) electrons. The highest BCUT2D eigenvalue weighted by molar-refractivity contribution is 4.87. The molecule has 0 aromatic carbocycles. The zero-order chi connectivity index (χ0) is 8.32. The van der Waals surface area contributed by atoms with Crippen molar-refractivity contribution >= 4 is 0 Å². The molecular weight excluding hydrogens is 138 g/mol. The predicted molar refractivity (Wildman–Crippen MR) is 46.5 cm³/mol. The Morgan fingerprint density at radius 3 is 2.55 bits per heavy atom. The Hall–Kier alpha value is -0.0800. The van der Waals surface area contributed by atoms with Gasteiger partial charge in [0, 0.05) is 12.0 Å². The molecule has 2 nitrogen and oxygen atoms in total. The average molecular weight is 157 g/mol. The van der Waals surface area contributed by atoms with Gasteiger partial charge in [-0.3, -0.25) is 0 Å². The number of hydrogen-bond acceptors (Lipinski definition) is 2. The highest BCUT2D eigenvalue weighted by Gasteiger charge is 2.34. The van der Waals surface area contributed by atoms with Crippen molar-refractivity contribution < 1.29 is 5.11 Å². The molecule has 0 amide bonds. The normalized spacial score (nSPS) is 32.7. The first-order valence-electron chi connectivity index (χ1n) is 4.53. The zero-order valence-corrected chi connectivity index (χ0v) is 7.56. The van der Waals surface area contributed by atoms with Gasteiger partial charge in [0.05, 0.1) is 6.61 Å². The van der Waals surface area contributed by atoms with Gasteiger partial charge in [-0.05, 0) is 25.3 Å². The minimum absolute atomic E-state index is 0.165. The first kappa shape index (κ1) is 9.01. The number of rotatable bonds is 2. The van der Waals surface area contributed by atoms with Gasteiger partial charge >= 0.3 is 0 Å². The smallest absolute Gasteiger partial charge is 0.0502 e. The molecule has 1 fully saturated rings. The lowest BCUT2D eigenvalue weighted by Crippen LogP contribution is -2.45. The second-order valence-electron chi connectivity index (χ2n) is 3.96. The second-order valence-corrected chi connectivity index (χ2v) is 3.96. The Labute approximate surface area is 69.0 Å². The van der Waals surface area contributed by atoms with Gasteiger partial charge < -0.3 is 10.4 Å². The molecule has 11 heavy (non-hydrogen) atoms. The van der Waals surface area contributed by atoms with Crippen LogP contribution in [0.3, 0.4) is 0 Å². The minimum Gasteiger partial charge on any atom is -0.396 e. The number of aliphatic hydroxyl groups excluding tert-OH is 1. The quantitative estimate of drug-likeness (QED) is 0.627. The van der Waals surface area contributed by atoms with Gasteiger partial charge in [0.25, 0.3) is 0 Å². The van der Waals surface area contributed by atoms with Crippen LogP contribution in [-0.4, -0.2) is 24.8 Å². The maximum atomic E-state index is 9.27. The van der Waals surface area contributed by atoms with Crippen LogP contribution in [0.2, 0.25) is 0 Å². The van der Waals surface area contributed by atoms with Gasteiger partial charge in [-0.25, -0.2) is 0 Å². The van der Waals surface area contributed by atoms with Crippen LogP contribution in [0.1, 0.15) is 26.7 Å². The standard InChI is InChI=1S/C9H19NO/c1-8(2)9(7-11)4-3-5-10-6-9/h8,10-11H,3-7H2,1-2H3/t9-/m0/s1. The molecule has 1 atom stereocenters. The van der Waals surface area contributed by atoms with Crippen molar-refractivity contribution in [3.8, 4) is 0 Å². The lowest BCUT2D eigenvalue weighted by atomic mass is 9.72. The van der Waals surface area contributed by atoms with Crippen LogP contribution in [0.5, 0.6) is 0 Å². The van der Waals surface area contributed by atoms with E-state index in [0.29, 0.717) is 12.5 Å². The average Bonchev–Trinajstić information content (AvgIpc) is 2.05. The summed E-state index contributed by atoms with van der Waals surface area (Å²) in [6.45, 7) is 6.83. The fraction of sp³-hybridized carbons (Fsp3) is 1.00. The highest BCUT2D eigenvalue weighted by atomic mass is 16.3. The fourth-order valence-electron chi connectivity index (χ4n) is 1.80. The highest BCUT2D eigenvalue weighted by Crippen LogP contribution is 2.33. The van der Waals surface area contributed by atoms with E-state index < -0.39 is 0 Å². The Kier molecular flexibility index (Phi) is 2.90. The molecule has 0 unspecified atom stereocenters. The summed E-state index contributed by atoms with van der Waals surface area (Å²) < 4.78 is 0. The summed E-state index contributed by atoms with van der Waals surface area (Å²) in [6, 6.07) is 0. The largest absolute Gasteiger partial charge is 0.396 e. The molecule has 0 aliphatic carbocycles. The van der Waals surface area contributed by atoms with E-state index in [0.717, 1.165) is 13.1 Å². The topological polar surface area (TPSA) is 32.3 Å². The van der Waals surface area contributed by atoms with Crippen LogP contribution in [-0.2, 0) is 0 Å². The maximum absolute atomic E-state index is 9.27. The number of hydrogen-bond donors (Lipinski definition) is 2. The number of nitrogens with one attached hydrogen (secondary N) is 1. The summed E-state index contributed by atoms with van der Waals surface area (Å²) in [4.78, 5) is 0. The predicted octanol–water partition coefficient (Wildman–Crippen LogP) is 1.00. The van der Waals surface area contributed by atoms with E-state index in [4.69, 9.17) is 0 Å². The van der Waals surface area contributed by atoms with Gasteiger partial charge in [0.15, 0.2) is 0 Å². The van der Waals surface area contributed by atoms with Crippen molar-refractivity contribution in [2.24, 2.45) is 11.3 Å². The minimum atomic E-state index is 0.165. The number of aliphatic hydroxyl groups is 1. The van der Waals surface area contributed by atoms with Crippen molar-refractivity contribution in [1.82, 2.24) is 5.32 Å². The van der Waals surface area contributed by atoms with Gasteiger partial charge in [0.2, 0.25) is 0 Å². The van der Waals surface area contributed by atoms with E-state index in [1.165, 1.54) is 12.8 Å². The first-order valence-corrected chi connectivity index (χ1v) is 4.53. The molecule has 1 aliphatic heterocycles. The van der Waals surface area contributed by atoms with Crippen molar-refractivity contribution in [2.45, 2.75) is 26.7 Å². The third kappa shape index (κ3) is 1.74. The molecule has 2 heteroatoms. The van der Waals surface area contributed by atoms with Crippen molar-refractivity contribution in [1.29, 1.82) is 0 Å². The second kappa shape index (κ2) is 3.55. The Morgan fingerprint density at radius 2 is 2.27 bits per heavy atom. The van der Waals surface area contributed by atoms with Crippen molar-refractivity contribution in [2.75, 3.05) is 19.7 Å². The van der Waals surface area contributed by atoms with Gasteiger partial charge in [-0.1, -0.05) is 13.8 Å². The Bertz CT molecular complexity index is 117. The molecule has 0 bridgehead atoms. The summed E-state index contributed by atoms with van der Waals surface area (Å²) in [5.41, 5.74) is 0.165. The summed E-state index contributed by atoms with van der Waals surface area (Å²) in [7, 11) is 0. The first-order chi connectivity index (χ1) is 5.21. The molecule has 0 aromatic rings. The van der Waals surface area contributed by atoms with E-state index in [2.05, 4.69) is 19.2 Å². The zero-order valence-electron chi connectivity index (χ0n) is 7.56. The van der Waals surface area contributed by atoms with Gasteiger partial charge in [0.1, 0.15) is 0 Å². The van der Waals surface area contributed by atoms with Gasteiger partial charge in [-0.2, -0.15) is 0 Å². The third-order valence-corrected chi connectivity index (χ3v) is 3.04. The summed E-state index contributed by atoms with van der Waals surface area (Å²) in [6.07, 6.45) is 2.38. The molecule has 0 saturated carbocycles. The van der Waals surface area contributed by atoms with E-state index in [1.54, 1.807) is 0 Å². The van der Waals surface area contributed by atoms with E-state index in [9.17, 15) is 5.11 Å². The SMILES string of the molecule is CC(C)[C@@]1(CO)CCCNC1. The molecule has 0 spiro atoms. The summed E-state index contributed by atoms with van der Waals surface area (Å²) in [5, 5.41) is 12.6. The maximum Gasteiger partial charge on any atom is 0.0502 e. The molecule has 1 heterocycles. The number of piperidine rings is 1. The fourth-order valence-corrected chi connectivity index (χ4v) is 1.80. The Balaban J connectivity index is 2.57. The lowest BCUT2D eigenvalue weighted by Gasteiger charge is -2.39. The van der Waals surface area contributed by atoms with E-state index >= 15 is 0 Å². The van der Waals surface area contributed by atoms with Crippen LogP contribution in [0.4, 0.5) is 0 Å². The molecule has 0 aromatic heterocycles. The lowest BCUT2D eigenvalue weighted by molar-refractivity contribution is 0.0503. The monoisotopic (exact) mass is 157 g/mol. The third-order valence-electron chi connectivity index (χ3n) is 3.04. The van der Waals surface area contributed by atoms with Crippen LogP contribution >= 0.6 is 0 Å². The summed E-state index contributed by atoms with van der Waals surface area (Å²) in [5.74, 6) is 0.584. The molecule has 2 N–H and O–H groups in total. The molecule has 1 saturated heterocycles. The van der Waals surface area contributed by atoms with Crippen molar-refractivity contribution in [3.05, 3.63) is 0 Å². The molecule has 1 rings (SSSR count). The van der Waals surface area contributed by atoms with Crippen LogP contribution in [0.25, 0.3) is 0 Å². The Morgan fingerprint density at radius 1 is 1.55 bits per heavy atom. The molecule has 1 aliphatic rings. The van der Waals surface area contributed by atoms with Gasteiger partial charge in [-0.15, -0.1) is 0 Å². The van der Waals surface area contributed by atoms with Crippen LogP contribution < -0.4 is 5.32 Å². The van der Waals surface area contributed by atoms with E-state index in [-0.39, 0.29) is 5.41 Å². The van der Waals surface area contributed by atoms with Crippen LogP contribution in [0, 0.1) is 11.3 Å².